The molecule has 0 spiro atoms. The number of hydrogen-bond acceptors (Lipinski definition) is 2. The molecule has 1 aliphatic carbocycles. The van der Waals surface area contributed by atoms with Crippen LogP contribution in [0.15, 0.2) is 30.3 Å². The maximum absolute atomic E-state index is 5.29. The average molecular weight is 261 g/mol. The second-order valence-corrected chi connectivity index (χ2v) is 5.96. The van der Waals surface area contributed by atoms with Crippen LogP contribution in [0.4, 0.5) is 0 Å². The van der Waals surface area contributed by atoms with E-state index in [4.69, 9.17) is 4.74 Å². The third-order valence-electron chi connectivity index (χ3n) is 4.58. The van der Waals surface area contributed by atoms with Crippen LogP contribution < -0.4 is 5.32 Å². The van der Waals surface area contributed by atoms with Gasteiger partial charge in [0.25, 0.3) is 0 Å². The van der Waals surface area contributed by atoms with Crippen LogP contribution in [0.1, 0.15) is 50.6 Å². The Bertz CT molecular complexity index is 357. The van der Waals surface area contributed by atoms with Gasteiger partial charge in [-0.05, 0) is 37.2 Å². The van der Waals surface area contributed by atoms with Crippen molar-refractivity contribution in [2.45, 2.75) is 45.1 Å². The molecule has 0 radical (unpaired) electrons. The van der Waals surface area contributed by atoms with Crippen LogP contribution in [-0.4, -0.2) is 20.3 Å². The van der Waals surface area contributed by atoms with Gasteiger partial charge in [0.15, 0.2) is 0 Å². The molecule has 1 aromatic carbocycles. The third kappa shape index (κ3) is 4.05. The standard InChI is InChI=1S/C17H27NO/c1-15(16-8-4-3-5-9-16)18-14-17(12-13-19-2)10-6-7-11-17/h3-5,8-9,15,18H,6-7,10-14H2,1-2H3. The molecule has 2 heteroatoms. The summed E-state index contributed by atoms with van der Waals surface area (Å²) in [6, 6.07) is 11.1. The fourth-order valence-corrected chi connectivity index (χ4v) is 3.19. The molecular weight excluding hydrogens is 234 g/mol. The lowest BCUT2D eigenvalue weighted by Crippen LogP contribution is -2.34. The topological polar surface area (TPSA) is 21.3 Å². The zero-order chi connectivity index (χ0) is 13.6. The highest BCUT2D eigenvalue weighted by Gasteiger charge is 2.33. The average Bonchev–Trinajstić information content (AvgIpc) is 2.93. The van der Waals surface area contributed by atoms with E-state index in [1.807, 2.05) is 7.11 Å². The first-order valence-electron chi connectivity index (χ1n) is 7.53. The number of benzene rings is 1. The second-order valence-electron chi connectivity index (χ2n) is 5.96. The monoisotopic (exact) mass is 261 g/mol. The summed E-state index contributed by atoms with van der Waals surface area (Å²) in [5, 5.41) is 3.74. The molecule has 1 saturated carbocycles. The predicted octanol–water partition coefficient (Wildman–Crippen LogP) is 3.93. The maximum Gasteiger partial charge on any atom is 0.0468 e. The summed E-state index contributed by atoms with van der Waals surface area (Å²) in [6.07, 6.45) is 6.66. The van der Waals surface area contributed by atoms with Gasteiger partial charge in [-0.1, -0.05) is 43.2 Å². The number of methoxy groups -OCH3 is 1. The van der Waals surface area contributed by atoms with Crippen molar-refractivity contribution >= 4 is 0 Å². The van der Waals surface area contributed by atoms with Crippen molar-refractivity contribution in [3.05, 3.63) is 35.9 Å². The second kappa shape index (κ2) is 7.06. The molecule has 1 aromatic rings. The molecule has 1 aliphatic rings. The van der Waals surface area contributed by atoms with Crippen molar-refractivity contribution in [2.75, 3.05) is 20.3 Å². The lowest BCUT2D eigenvalue weighted by Gasteiger charge is -2.31. The lowest BCUT2D eigenvalue weighted by atomic mass is 9.82. The lowest BCUT2D eigenvalue weighted by molar-refractivity contribution is 0.133. The van der Waals surface area contributed by atoms with Crippen LogP contribution in [0.5, 0.6) is 0 Å². The highest BCUT2D eigenvalue weighted by atomic mass is 16.5. The summed E-state index contributed by atoms with van der Waals surface area (Å²) in [5.74, 6) is 0. The molecule has 0 heterocycles. The normalized spacial score (nSPS) is 19.5. The minimum atomic E-state index is 0.432. The Morgan fingerprint density at radius 3 is 2.53 bits per heavy atom. The molecule has 1 fully saturated rings. The van der Waals surface area contributed by atoms with Gasteiger partial charge in [-0.15, -0.1) is 0 Å². The fraction of sp³-hybridized carbons (Fsp3) is 0.647. The van der Waals surface area contributed by atoms with Crippen molar-refractivity contribution in [3.63, 3.8) is 0 Å². The molecule has 1 N–H and O–H groups in total. The van der Waals surface area contributed by atoms with Gasteiger partial charge in [0.2, 0.25) is 0 Å². The Morgan fingerprint density at radius 1 is 1.21 bits per heavy atom. The molecule has 2 nitrogen and oxygen atoms in total. The van der Waals surface area contributed by atoms with Gasteiger partial charge in [0, 0.05) is 26.3 Å². The van der Waals surface area contributed by atoms with E-state index in [9.17, 15) is 0 Å². The molecule has 1 atom stereocenters. The smallest absolute Gasteiger partial charge is 0.0468 e. The zero-order valence-electron chi connectivity index (χ0n) is 12.3. The SMILES string of the molecule is COCCC1(CNC(C)c2ccccc2)CCCC1. The Kier molecular flexibility index (Phi) is 5.41. The van der Waals surface area contributed by atoms with Crippen LogP contribution in [-0.2, 0) is 4.74 Å². The quantitative estimate of drug-likeness (QED) is 0.803. The number of nitrogens with one attached hydrogen (secondary N) is 1. The van der Waals surface area contributed by atoms with Gasteiger partial charge in [0.1, 0.15) is 0 Å². The first kappa shape index (κ1) is 14.5. The molecule has 2 rings (SSSR count). The molecule has 19 heavy (non-hydrogen) atoms. The summed E-state index contributed by atoms with van der Waals surface area (Å²) in [5.41, 5.74) is 1.85. The van der Waals surface area contributed by atoms with E-state index in [-0.39, 0.29) is 0 Å². The van der Waals surface area contributed by atoms with Crippen molar-refractivity contribution in [3.8, 4) is 0 Å². The summed E-state index contributed by atoms with van der Waals surface area (Å²) >= 11 is 0. The third-order valence-corrected chi connectivity index (χ3v) is 4.58. The van der Waals surface area contributed by atoms with Crippen LogP contribution in [0, 0.1) is 5.41 Å². The highest BCUT2D eigenvalue weighted by Crippen LogP contribution is 2.40. The minimum absolute atomic E-state index is 0.432. The van der Waals surface area contributed by atoms with Gasteiger partial charge >= 0.3 is 0 Å². The van der Waals surface area contributed by atoms with Crippen LogP contribution in [0.3, 0.4) is 0 Å². The van der Waals surface area contributed by atoms with Gasteiger partial charge in [-0.25, -0.2) is 0 Å². The molecule has 106 valence electrons. The van der Waals surface area contributed by atoms with Crippen molar-refractivity contribution < 1.29 is 4.74 Å². The molecule has 0 aromatic heterocycles. The van der Waals surface area contributed by atoms with Crippen molar-refractivity contribution in [1.82, 2.24) is 5.32 Å². The van der Waals surface area contributed by atoms with E-state index in [1.165, 1.54) is 37.7 Å². The first-order chi connectivity index (χ1) is 9.26. The van der Waals surface area contributed by atoms with Gasteiger partial charge < -0.3 is 10.1 Å². The Labute approximate surface area is 117 Å². The van der Waals surface area contributed by atoms with E-state index >= 15 is 0 Å². The van der Waals surface area contributed by atoms with Crippen molar-refractivity contribution in [2.24, 2.45) is 5.41 Å². The molecule has 1 unspecified atom stereocenters. The maximum atomic E-state index is 5.29. The number of hydrogen-bond donors (Lipinski definition) is 1. The predicted molar refractivity (Wildman–Crippen MR) is 80.3 cm³/mol. The highest BCUT2D eigenvalue weighted by molar-refractivity contribution is 5.18. The Balaban J connectivity index is 1.88. The minimum Gasteiger partial charge on any atom is -0.385 e. The summed E-state index contributed by atoms with van der Waals surface area (Å²) in [4.78, 5) is 0. The van der Waals surface area contributed by atoms with Crippen molar-refractivity contribution in [1.29, 1.82) is 0 Å². The van der Waals surface area contributed by atoms with Gasteiger partial charge in [-0.3, -0.25) is 0 Å². The molecular formula is C17H27NO. The van der Waals surface area contributed by atoms with Crippen LogP contribution >= 0.6 is 0 Å². The Morgan fingerprint density at radius 2 is 1.89 bits per heavy atom. The van der Waals surface area contributed by atoms with E-state index in [1.54, 1.807) is 0 Å². The molecule has 0 bridgehead atoms. The van der Waals surface area contributed by atoms with Gasteiger partial charge in [-0.2, -0.15) is 0 Å². The summed E-state index contributed by atoms with van der Waals surface area (Å²) in [6.45, 7) is 4.27. The molecule has 0 saturated heterocycles. The fourth-order valence-electron chi connectivity index (χ4n) is 3.19. The molecule has 0 aliphatic heterocycles. The number of rotatable bonds is 7. The van der Waals surface area contributed by atoms with E-state index in [0.29, 0.717) is 11.5 Å². The molecule has 0 amide bonds. The van der Waals surface area contributed by atoms with Crippen LogP contribution in [0.25, 0.3) is 0 Å². The summed E-state index contributed by atoms with van der Waals surface area (Å²) < 4.78 is 5.29. The first-order valence-corrected chi connectivity index (χ1v) is 7.53. The van der Waals surface area contributed by atoms with Crippen LogP contribution in [0.2, 0.25) is 0 Å². The van der Waals surface area contributed by atoms with E-state index < -0.39 is 0 Å². The Hall–Kier alpha value is -0.860. The van der Waals surface area contributed by atoms with E-state index in [0.717, 1.165) is 13.2 Å². The van der Waals surface area contributed by atoms with Gasteiger partial charge in [0.05, 0.1) is 0 Å². The summed E-state index contributed by atoms with van der Waals surface area (Å²) in [7, 11) is 1.81. The zero-order valence-corrected chi connectivity index (χ0v) is 12.3. The number of ether oxygens (including phenoxy) is 1. The van der Waals surface area contributed by atoms with E-state index in [2.05, 4.69) is 42.6 Å². The largest absolute Gasteiger partial charge is 0.385 e.